The predicted octanol–water partition coefficient (Wildman–Crippen LogP) is 2.39. The molecular weight excluding hydrogens is 335 g/mol. The van der Waals surface area contributed by atoms with Crippen molar-refractivity contribution in [3.8, 4) is 5.75 Å². The molecule has 1 unspecified atom stereocenters. The minimum atomic E-state index is -0.478. The Labute approximate surface area is 152 Å². The normalized spacial score (nSPS) is 16.0. The van der Waals surface area contributed by atoms with E-state index < -0.39 is 5.82 Å². The van der Waals surface area contributed by atoms with Gasteiger partial charge in [-0.3, -0.25) is 9.69 Å². The van der Waals surface area contributed by atoms with Gasteiger partial charge in [-0.15, -0.1) is 0 Å². The van der Waals surface area contributed by atoms with Crippen LogP contribution in [-0.4, -0.2) is 50.3 Å². The number of nitrogens with zero attached hydrogens (tertiary/aromatic N) is 1. The second-order valence-corrected chi connectivity index (χ2v) is 6.16. The molecule has 1 saturated heterocycles. The number of hydrogen-bond donors (Lipinski definition) is 1. The molecule has 2 aromatic carbocycles. The zero-order valence-corrected chi connectivity index (χ0v) is 14.6. The summed E-state index contributed by atoms with van der Waals surface area (Å²) in [6, 6.07) is 15.7. The Morgan fingerprint density at radius 1 is 1.12 bits per heavy atom. The van der Waals surface area contributed by atoms with Crippen LogP contribution >= 0.6 is 0 Å². The summed E-state index contributed by atoms with van der Waals surface area (Å²) in [6.45, 7) is 3.54. The maximum Gasteiger partial charge on any atom is 0.258 e. The van der Waals surface area contributed by atoms with Crippen molar-refractivity contribution in [1.82, 2.24) is 10.2 Å². The number of carbonyl (C=O) groups is 1. The zero-order chi connectivity index (χ0) is 18.2. The maximum absolute atomic E-state index is 13.6. The summed E-state index contributed by atoms with van der Waals surface area (Å²) in [5, 5.41) is 3.00. The lowest BCUT2D eigenvalue weighted by Gasteiger charge is -2.31. The molecule has 1 fully saturated rings. The number of carbonyl (C=O) groups excluding carboxylic acids is 1. The van der Waals surface area contributed by atoms with Crippen LogP contribution < -0.4 is 10.1 Å². The average molecular weight is 358 g/mol. The monoisotopic (exact) mass is 358 g/mol. The molecule has 1 heterocycles. The molecule has 1 aliphatic rings. The van der Waals surface area contributed by atoms with Crippen LogP contribution in [0.1, 0.15) is 11.6 Å². The topological polar surface area (TPSA) is 50.8 Å². The van der Waals surface area contributed by atoms with E-state index in [0.29, 0.717) is 19.8 Å². The maximum atomic E-state index is 13.6. The summed E-state index contributed by atoms with van der Waals surface area (Å²) in [6.07, 6.45) is 0. The number of benzene rings is 2. The van der Waals surface area contributed by atoms with Gasteiger partial charge in [-0.25, -0.2) is 4.39 Å². The second kappa shape index (κ2) is 9.31. The molecule has 1 amide bonds. The lowest BCUT2D eigenvalue weighted by molar-refractivity contribution is -0.124. The molecule has 1 N–H and O–H groups in total. The predicted molar refractivity (Wildman–Crippen MR) is 96.5 cm³/mol. The van der Waals surface area contributed by atoms with Gasteiger partial charge in [0.2, 0.25) is 0 Å². The lowest BCUT2D eigenvalue weighted by Crippen LogP contribution is -2.44. The molecule has 26 heavy (non-hydrogen) atoms. The van der Waals surface area contributed by atoms with E-state index in [1.54, 1.807) is 12.1 Å². The first kappa shape index (κ1) is 18.4. The van der Waals surface area contributed by atoms with E-state index in [9.17, 15) is 9.18 Å². The van der Waals surface area contributed by atoms with Gasteiger partial charge in [-0.1, -0.05) is 42.5 Å². The molecule has 6 heteroatoms. The second-order valence-electron chi connectivity index (χ2n) is 6.16. The third-order valence-electron chi connectivity index (χ3n) is 4.28. The Kier molecular flexibility index (Phi) is 6.57. The van der Waals surface area contributed by atoms with E-state index in [1.807, 2.05) is 30.3 Å². The van der Waals surface area contributed by atoms with Crippen LogP contribution in [0.25, 0.3) is 0 Å². The highest BCUT2D eigenvalue weighted by atomic mass is 19.1. The molecule has 0 bridgehead atoms. The first-order valence-corrected chi connectivity index (χ1v) is 8.74. The fraction of sp³-hybridized carbons (Fsp3) is 0.350. The molecule has 0 aliphatic carbocycles. The van der Waals surface area contributed by atoms with Crippen molar-refractivity contribution in [2.75, 3.05) is 39.5 Å². The van der Waals surface area contributed by atoms with Crippen molar-refractivity contribution in [1.29, 1.82) is 0 Å². The summed E-state index contributed by atoms with van der Waals surface area (Å²) in [7, 11) is 0. The first-order valence-electron chi connectivity index (χ1n) is 8.74. The van der Waals surface area contributed by atoms with Gasteiger partial charge >= 0.3 is 0 Å². The van der Waals surface area contributed by atoms with Crippen molar-refractivity contribution < 1.29 is 18.7 Å². The third kappa shape index (κ3) is 5.28. The van der Waals surface area contributed by atoms with Crippen LogP contribution in [0.15, 0.2) is 54.6 Å². The van der Waals surface area contributed by atoms with E-state index in [2.05, 4.69) is 10.2 Å². The molecule has 0 saturated carbocycles. The summed E-state index contributed by atoms with van der Waals surface area (Å²) >= 11 is 0. The van der Waals surface area contributed by atoms with Crippen molar-refractivity contribution in [2.45, 2.75) is 6.04 Å². The van der Waals surface area contributed by atoms with Gasteiger partial charge in [-0.05, 0) is 17.7 Å². The minimum Gasteiger partial charge on any atom is -0.481 e. The molecule has 1 aliphatic heterocycles. The molecule has 3 rings (SSSR count). The SMILES string of the molecule is O=C(COc1ccccc1F)NC(CN1CCOCC1)c1ccccc1. The van der Waals surface area contributed by atoms with Crippen molar-refractivity contribution in [3.05, 3.63) is 66.0 Å². The first-order chi connectivity index (χ1) is 12.7. The number of ether oxygens (including phenoxy) is 2. The van der Waals surface area contributed by atoms with Crippen LogP contribution in [0.4, 0.5) is 4.39 Å². The standard InChI is InChI=1S/C20H23FN2O3/c21-17-8-4-5-9-19(17)26-15-20(24)22-18(16-6-2-1-3-7-16)14-23-10-12-25-13-11-23/h1-9,18H,10-15H2,(H,22,24). The number of amides is 1. The van der Waals surface area contributed by atoms with E-state index in [-0.39, 0.29) is 24.3 Å². The molecular formula is C20H23FN2O3. The van der Waals surface area contributed by atoms with E-state index in [1.165, 1.54) is 12.1 Å². The molecule has 2 aromatic rings. The highest BCUT2D eigenvalue weighted by Gasteiger charge is 2.20. The highest BCUT2D eigenvalue weighted by molar-refractivity contribution is 5.78. The van der Waals surface area contributed by atoms with Crippen LogP contribution in [0.2, 0.25) is 0 Å². The van der Waals surface area contributed by atoms with Gasteiger partial charge in [-0.2, -0.15) is 0 Å². The van der Waals surface area contributed by atoms with Gasteiger partial charge in [0.05, 0.1) is 19.3 Å². The smallest absolute Gasteiger partial charge is 0.258 e. The molecule has 0 aromatic heterocycles. The number of para-hydroxylation sites is 1. The Bertz CT molecular complexity index is 705. The van der Waals surface area contributed by atoms with Crippen LogP contribution in [0.3, 0.4) is 0 Å². The molecule has 5 nitrogen and oxygen atoms in total. The number of nitrogens with one attached hydrogen (secondary N) is 1. The third-order valence-corrected chi connectivity index (χ3v) is 4.28. The van der Waals surface area contributed by atoms with E-state index in [4.69, 9.17) is 9.47 Å². The highest BCUT2D eigenvalue weighted by Crippen LogP contribution is 2.17. The summed E-state index contributed by atoms with van der Waals surface area (Å²) in [4.78, 5) is 14.6. The van der Waals surface area contributed by atoms with Gasteiger partial charge in [0.15, 0.2) is 18.2 Å². The Morgan fingerprint density at radius 3 is 2.54 bits per heavy atom. The van der Waals surface area contributed by atoms with Gasteiger partial charge in [0.25, 0.3) is 5.91 Å². The number of halogens is 1. The Morgan fingerprint density at radius 2 is 1.81 bits per heavy atom. The summed E-state index contributed by atoms with van der Waals surface area (Å²) < 4.78 is 24.3. The van der Waals surface area contributed by atoms with Crippen molar-refractivity contribution in [3.63, 3.8) is 0 Å². The van der Waals surface area contributed by atoms with Crippen molar-refractivity contribution in [2.24, 2.45) is 0 Å². The fourth-order valence-corrected chi connectivity index (χ4v) is 2.90. The van der Waals surface area contributed by atoms with Gasteiger partial charge < -0.3 is 14.8 Å². The quantitative estimate of drug-likeness (QED) is 0.826. The Balaban J connectivity index is 1.61. The molecule has 1 atom stereocenters. The number of hydrogen-bond acceptors (Lipinski definition) is 4. The molecule has 0 spiro atoms. The zero-order valence-electron chi connectivity index (χ0n) is 14.6. The van der Waals surface area contributed by atoms with Gasteiger partial charge in [0.1, 0.15) is 0 Å². The van der Waals surface area contributed by atoms with Crippen LogP contribution in [0.5, 0.6) is 5.75 Å². The van der Waals surface area contributed by atoms with E-state index >= 15 is 0 Å². The number of morpholine rings is 1. The van der Waals surface area contributed by atoms with Crippen LogP contribution in [0, 0.1) is 5.82 Å². The Hall–Kier alpha value is -2.44. The fourth-order valence-electron chi connectivity index (χ4n) is 2.90. The molecule has 0 radical (unpaired) electrons. The largest absolute Gasteiger partial charge is 0.481 e. The summed E-state index contributed by atoms with van der Waals surface area (Å²) in [5.74, 6) is -0.685. The van der Waals surface area contributed by atoms with Gasteiger partial charge in [0, 0.05) is 19.6 Å². The summed E-state index contributed by atoms with van der Waals surface area (Å²) in [5.41, 5.74) is 1.03. The molecule has 138 valence electrons. The van der Waals surface area contributed by atoms with E-state index in [0.717, 1.165) is 18.7 Å². The lowest BCUT2D eigenvalue weighted by atomic mass is 10.1. The number of rotatable bonds is 7. The van der Waals surface area contributed by atoms with Crippen molar-refractivity contribution >= 4 is 5.91 Å². The average Bonchev–Trinajstić information content (AvgIpc) is 2.68. The van der Waals surface area contributed by atoms with Crippen LogP contribution in [-0.2, 0) is 9.53 Å². The minimum absolute atomic E-state index is 0.0760.